The number of amides is 1. The topological polar surface area (TPSA) is 60.9 Å². The predicted molar refractivity (Wildman–Crippen MR) is 130 cm³/mol. The lowest BCUT2D eigenvalue weighted by molar-refractivity contribution is -0.119. The Morgan fingerprint density at radius 1 is 1.09 bits per heavy atom. The SMILES string of the molecule is Cc1cccc(N2CCN(S(=O)(=O)c3cc4c(cc3Br)CCN4C(=O)C3CC3)C[C@H]2C)c1. The second-order valence-electron chi connectivity index (χ2n) is 9.17. The monoisotopic (exact) mass is 517 g/mol. The van der Waals surface area contributed by atoms with Gasteiger partial charge in [0.05, 0.1) is 4.90 Å². The molecule has 0 radical (unpaired) electrons. The number of nitrogens with zero attached hydrogens (tertiary/aromatic N) is 3. The molecule has 2 aromatic carbocycles. The van der Waals surface area contributed by atoms with Crippen LogP contribution in [-0.4, -0.2) is 50.9 Å². The maximum Gasteiger partial charge on any atom is 0.244 e. The fourth-order valence-electron chi connectivity index (χ4n) is 4.84. The summed E-state index contributed by atoms with van der Waals surface area (Å²) in [5.74, 6) is 0.245. The van der Waals surface area contributed by atoms with E-state index in [0.29, 0.717) is 30.7 Å². The van der Waals surface area contributed by atoms with Crippen LogP contribution in [0.25, 0.3) is 0 Å². The Morgan fingerprint density at radius 2 is 1.88 bits per heavy atom. The van der Waals surface area contributed by atoms with Gasteiger partial charge in [-0.3, -0.25) is 4.79 Å². The molecule has 0 bridgehead atoms. The summed E-state index contributed by atoms with van der Waals surface area (Å²) in [6, 6.07) is 12.0. The quantitative estimate of drug-likeness (QED) is 0.615. The number of hydrogen-bond donors (Lipinski definition) is 0. The Morgan fingerprint density at radius 3 is 2.56 bits per heavy atom. The Hall–Kier alpha value is -1.90. The van der Waals surface area contributed by atoms with Crippen molar-refractivity contribution in [2.24, 2.45) is 5.92 Å². The third kappa shape index (κ3) is 3.86. The van der Waals surface area contributed by atoms with Gasteiger partial charge in [-0.05, 0) is 84.4 Å². The molecule has 2 aromatic rings. The number of sulfonamides is 1. The van der Waals surface area contributed by atoms with Crippen LogP contribution in [-0.2, 0) is 21.2 Å². The molecule has 6 nitrogen and oxygen atoms in total. The third-order valence-corrected chi connectivity index (χ3v) is 9.59. The van der Waals surface area contributed by atoms with Crippen LogP contribution >= 0.6 is 15.9 Å². The van der Waals surface area contributed by atoms with E-state index in [1.165, 1.54) is 5.56 Å². The molecule has 1 saturated carbocycles. The van der Waals surface area contributed by atoms with E-state index in [0.717, 1.165) is 36.2 Å². The molecule has 8 heteroatoms. The van der Waals surface area contributed by atoms with Gasteiger partial charge >= 0.3 is 0 Å². The molecule has 2 heterocycles. The van der Waals surface area contributed by atoms with E-state index in [-0.39, 0.29) is 22.8 Å². The van der Waals surface area contributed by atoms with Gasteiger partial charge < -0.3 is 9.80 Å². The number of benzene rings is 2. The van der Waals surface area contributed by atoms with Crippen LogP contribution < -0.4 is 9.80 Å². The number of hydrogen-bond acceptors (Lipinski definition) is 4. The van der Waals surface area contributed by atoms with Gasteiger partial charge in [0.15, 0.2) is 0 Å². The van der Waals surface area contributed by atoms with E-state index in [4.69, 9.17) is 0 Å². The van der Waals surface area contributed by atoms with Crippen LogP contribution in [0.5, 0.6) is 0 Å². The lowest BCUT2D eigenvalue weighted by Crippen LogP contribution is -2.53. The normalized spacial score (nSPS) is 21.7. The van der Waals surface area contributed by atoms with Crippen molar-refractivity contribution in [1.29, 1.82) is 0 Å². The molecule has 1 atom stereocenters. The van der Waals surface area contributed by atoms with Crippen molar-refractivity contribution >= 4 is 43.2 Å². The van der Waals surface area contributed by atoms with Crippen LogP contribution in [0.15, 0.2) is 45.8 Å². The van der Waals surface area contributed by atoms with Gasteiger partial charge in [-0.2, -0.15) is 4.31 Å². The first-order chi connectivity index (χ1) is 15.3. The summed E-state index contributed by atoms with van der Waals surface area (Å²) in [4.78, 5) is 17.0. The average molecular weight is 518 g/mol. The molecule has 0 unspecified atom stereocenters. The van der Waals surface area contributed by atoms with E-state index in [1.54, 1.807) is 15.3 Å². The Kier molecular flexibility index (Phi) is 5.58. The average Bonchev–Trinajstić information content (AvgIpc) is 3.53. The summed E-state index contributed by atoms with van der Waals surface area (Å²) >= 11 is 3.50. The minimum absolute atomic E-state index is 0.0569. The molecule has 1 aliphatic carbocycles. The van der Waals surface area contributed by atoms with Gasteiger partial charge in [0, 0.05) is 54.0 Å². The zero-order chi connectivity index (χ0) is 22.6. The van der Waals surface area contributed by atoms with Gasteiger partial charge in [-0.1, -0.05) is 12.1 Å². The van der Waals surface area contributed by atoms with E-state index >= 15 is 0 Å². The fraction of sp³-hybridized carbons (Fsp3) is 0.458. The van der Waals surface area contributed by atoms with Crippen molar-refractivity contribution in [3.63, 3.8) is 0 Å². The Bertz CT molecular complexity index is 1180. The summed E-state index contributed by atoms with van der Waals surface area (Å²) in [6.45, 7) is 6.25. The maximum atomic E-state index is 13.6. The zero-order valence-electron chi connectivity index (χ0n) is 18.4. The van der Waals surface area contributed by atoms with Gasteiger partial charge in [0.2, 0.25) is 15.9 Å². The van der Waals surface area contributed by atoms with Gasteiger partial charge in [0.1, 0.15) is 0 Å². The third-order valence-electron chi connectivity index (χ3n) is 6.76. The van der Waals surface area contributed by atoms with Crippen molar-refractivity contribution in [3.8, 4) is 0 Å². The summed E-state index contributed by atoms with van der Waals surface area (Å²) in [5, 5.41) is 0. The van der Waals surface area contributed by atoms with Crippen molar-refractivity contribution in [1.82, 2.24) is 4.31 Å². The molecule has 32 heavy (non-hydrogen) atoms. The number of fused-ring (bicyclic) bond motifs is 1. The van der Waals surface area contributed by atoms with Crippen molar-refractivity contribution < 1.29 is 13.2 Å². The maximum absolute atomic E-state index is 13.6. The summed E-state index contributed by atoms with van der Waals surface area (Å²) in [5.41, 5.74) is 4.11. The Labute approximate surface area is 198 Å². The molecule has 0 N–H and O–H groups in total. The smallest absolute Gasteiger partial charge is 0.244 e. The van der Waals surface area contributed by atoms with E-state index in [9.17, 15) is 13.2 Å². The lowest BCUT2D eigenvalue weighted by atomic mass is 10.1. The highest BCUT2D eigenvalue weighted by Gasteiger charge is 2.39. The number of rotatable bonds is 4. The van der Waals surface area contributed by atoms with Crippen LogP contribution in [0, 0.1) is 12.8 Å². The molecule has 2 aliphatic heterocycles. The fourth-order valence-corrected chi connectivity index (χ4v) is 7.42. The van der Waals surface area contributed by atoms with Gasteiger partial charge in [-0.15, -0.1) is 0 Å². The summed E-state index contributed by atoms with van der Waals surface area (Å²) in [6.07, 6.45) is 2.64. The molecule has 0 aromatic heterocycles. The molecule has 170 valence electrons. The molecule has 0 spiro atoms. The van der Waals surface area contributed by atoms with Crippen molar-refractivity contribution in [2.75, 3.05) is 36.0 Å². The number of carbonyl (C=O) groups excluding carboxylic acids is 1. The lowest BCUT2D eigenvalue weighted by Gasteiger charge is -2.40. The standard InChI is InChI=1S/C24H28BrN3O3S/c1-16-4-3-5-20(12-16)27-11-10-26(15-17(27)2)32(30,31)23-14-22-19(13-21(23)25)8-9-28(22)24(29)18-6-7-18/h3-5,12-14,17-18H,6-11,15H2,1-2H3/t17-/m1/s1. The van der Waals surface area contributed by atoms with Gasteiger partial charge in [0.25, 0.3) is 0 Å². The number of aryl methyl sites for hydroxylation is 1. The van der Waals surface area contributed by atoms with Crippen LogP contribution in [0.4, 0.5) is 11.4 Å². The van der Waals surface area contributed by atoms with E-state index in [1.807, 2.05) is 12.1 Å². The highest BCUT2D eigenvalue weighted by molar-refractivity contribution is 9.10. The van der Waals surface area contributed by atoms with Crippen LogP contribution in [0.1, 0.15) is 30.9 Å². The first-order valence-electron chi connectivity index (χ1n) is 11.2. The minimum atomic E-state index is -3.69. The second kappa shape index (κ2) is 8.15. The highest BCUT2D eigenvalue weighted by Crippen LogP contribution is 2.40. The molecular weight excluding hydrogens is 490 g/mol. The number of piperazine rings is 1. The molecule has 1 saturated heterocycles. The van der Waals surface area contributed by atoms with E-state index < -0.39 is 10.0 Å². The zero-order valence-corrected chi connectivity index (χ0v) is 20.8. The van der Waals surface area contributed by atoms with Crippen molar-refractivity contribution in [2.45, 2.75) is 44.0 Å². The largest absolute Gasteiger partial charge is 0.366 e. The summed E-state index contributed by atoms with van der Waals surface area (Å²) in [7, 11) is -3.69. The number of anilines is 2. The number of halogens is 1. The van der Waals surface area contributed by atoms with Gasteiger partial charge in [-0.25, -0.2) is 8.42 Å². The summed E-state index contributed by atoms with van der Waals surface area (Å²) < 4.78 is 29.5. The second-order valence-corrected chi connectivity index (χ2v) is 11.9. The molecule has 5 rings (SSSR count). The highest BCUT2D eigenvalue weighted by atomic mass is 79.9. The molecular formula is C24H28BrN3O3S. The van der Waals surface area contributed by atoms with Crippen molar-refractivity contribution in [3.05, 3.63) is 52.0 Å². The Balaban J connectivity index is 1.40. The predicted octanol–water partition coefficient (Wildman–Crippen LogP) is 3.96. The molecule has 1 amide bonds. The first-order valence-corrected chi connectivity index (χ1v) is 13.5. The molecule has 2 fully saturated rings. The molecule has 3 aliphatic rings. The number of carbonyl (C=O) groups is 1. The first kappa shape index (κ1) is 21.9. The minimum Gasteiger partial charge on any atom is -0.366 e. The van der Waals surface area contributed by atoms with Crippen LogP contribution in [0.3, 0.4) is 0 Å². The van der Waals surface area contributed by atoms with Crippen LogP contribution in [0.2, 0.25) is 0 Å². The van der Waals surface area contributed by atoms with E-state index in [2.05, 4.69) is 52.9 Å².